The molecule has 0 saturated carbocycles. The molecule has 3 rings (SSSR count). The fraction of sp³-hybridized carbons (Fsp3) is 0.227. The smallest absolute Gasteiger partial charge is 0.435 e. The number of halogens is 4. The van der Waals surface area contributed by atoms with Crippen molar-refractivity contribution < 1.29 is 27.5 Å². The number of amides is 1. The Morgan fingerprint density at radius 3 is 2.15 bits per heavy atom. The molecule has 0 radical (unpaired) electrons. The van der Waals surface area contributed by atoms with Gasteiger partial charge >= 0.3 is 6.18 Å². The molecule has 0 aliphatic heterocycles. The van der Waals surface area contributed by atoms with Crippen LogP contribution in [0.15, 0.2) is 54.6 Å². The van der Waals surface area contributed by atoms with Gasteiger partial charge in [0.15, 0.2) is 5.69 Å². The lowest BCUT2D eigenvalue weighted by Gasteiger charge is -2.10. The van der Waals surface area contributed by atoms with Crippen molar-refractivity contribution in [2.75, 3.05) is 14.1 Å². The van der Waals surface area contributed by atoms with Gasteiger partial charge in [-0.05, 0) is 38.7 Å². The van der Waals surface area contributed by atoms with Crippen molar-refractivity contribution in [3.05, 3.63) is 76.4 Å². The lowest BCUT2D eigenvalue weighted by Crippen LogP contribution is -2.08. The van der Waals surface area contributed by atoms with E-state index in [1.807, 2.05) is 52.1 Å². The second kappa shape index (κ2) is 15.4. The largest absolute Gasteiger partial charge is 0.473 e. The summed E-state index contributed by atoms with van der Waals surface area (Å²) in [6.45, 7) is 4.07. The monoisotopic (exact) mass is 486 g/mol. The minimum atomic E-state index is -4.57. The number of aryl methyl sites for hydroxylation is 1. The summed E-state index contributed by atoms with van der Waals surface area (Å²) < 4.78 is 45.8. The minimum Gasteiger partial charge on any atom is -0.473 e. The van der Waals surface area contributed by atoms with Gasteiger partial charge in [0.1, 0.15) is 13.4 Å². The van der Waals surface area contributed by atoms with Gasteiger partial charge in [-0.1, -0.05) is 53.6 Å². The minimum absolute atomic E-state index is 0.0269. The number of alkyl halides is 3. The summed E-state index contributed by atoms with van der Waals surface area (Å²) in [5, 5.41) is 6.65. The molecule has 3 N–H and O–H groups in total. The molecule has 0 spiro atoms. The first-order chi connectivity index (χ1) is 15.7. The van der Waals surface area contributed by atoms with E-state index in [0.29, 0.717) is 5.69 Å². The number of para-hydroxylation sites is 1. The molecule has 0 bridgehead atoms. The van der Waals surface area contributed by atoms with Crippen LogP contribution in [0.25, 0.3) is 5.69 Å². The van der Waals surface area contributed by atoms with Crippen LogP contribution in [0.4, 0.5) is 13.2 Å². The van der Waals surface area contributed by atoms with E-state index in [4.69, 9.17) is 25.9 Å². The first-order valence-corrected chi connectivity index (χ1v) is 9.68. The summed E-state index contributed by atoms with van der Waals surface area (Å²) in [4.78, 5) is 16.6. The molecule has 0 atom stereocenters. The van der Waals surface area contributed by atoms with Gasteiger partial charge in [0.05, 0.1) is 10.7 Å². The molecule has 0 saturated heterocycles. The maximum atomic E-state index is 13.0. The highest BCUT2D eigenvalue weighted by Gasteiger charge is 2.35. The van der Waals surface area contributed by atoms with E-state index in [9.17, 15) is 13.2 Å². The molecule has 3 aromatic rings. The number of aromatic nitrogens is 2. The summed E-state index contributed by atoms with van der Waals surface area (Å²) in [5.74, 6) is -0.0269. The molecule has 0 aliphatic rings. The number of benzene rings is 2. The van der Waals surface area contributed by atoms with E-state index >= 15 is 0 Å². The second-order valence-corrected chi connectivity index (χ2v) is 6.55. The molecular weight excluding hydrogens is 461 g/mol. The molecule has 7 nitrogen and oxygen atoms in total. The normalized spacial score (nSPS) is 9.79. The Bertz CT molecular complexity index is 964. The van der Waals surface area contributed by atoms with Crippen LogP contribution in [0.1, 0.15) is 16.8 Å². The zero-order valence-corrected chi connectivity index (χ0v) is 19.2. The molecule has 0 aliphatic carbocycles. The predicted molar refractivity (Wildman–Crippen MR) is 121 cm³/mol. The molecule has 2 aromatic carbocycles. The first-order valence-electron chi connectivity index (χ1n) is 9.31. The van der Waals surface area contributed by atoms with Gasteiger partial charge in [-0.15, -0.1) is 0 Å². The lowest BCUT2D eigenvalue weighted by atomic mass is 10.2. The van der Waals surface area contributed by atoms with Crippen LogP contribution < -0.4 is 15.8 Å². The van der Waals surface area contributed by atoms with Crippen molar-refractivity contribution in [1.82, 2.24) is 15.1 Å². The highest BCUT2D eigenvalue weighted by atomic mass is 35.5. The van der Waals surface area contributed by atoms with Gasteiger partial charge in [-0.3, -0.25) is 4.79 Å². The summed E-state index contributed by atoms with van der Waals surface area (Å²) in [7, 11) is 3.75. The number of rotatable bonds is 4. The highest BCUT2D eigenvalue weighted by Crippen LogP contribution is 2.33. The van der Waals surface area contributed by atoms with E-state index in [-0.39, 0.29) is 23.9 Å². The summed E-state index contributed by atoms with van der Waals surface area (Å²) >= 11 is 6.09. The summed E-state index contributed by atoms with van der Waals surface area (Å²) in [5.41, 5.74) is 5.38. The van der Waals surface area contributed by atoms with E-state index in [1.165, 1.54) is 0 Å². The molecule has 0 fully saturated rings. The molecule has 11 heteroatoms. The number of hydrogen-bond acceptors (Lipinski definition) is 5. The quantitative estimate of drug-likeness (QED) is 0.539. The zero-order valence-electron chi connectivity index (χ0n) is 18.4. The maximum Gasteiger partial charge on any atom is 0.435 e. The Morgan fingerprint density at radius 2 is 1.67 bits per heavy atom. The third-order valence-electron chi connectivity index (χ3n) is 3.56. The predicted octanol–water partition coefficient (Wildman–Crippen LogP) is 4.18. The van der Waals surface area contributed by atoms with Gasteiger partial charge < -0.3 is 20.6 Å². The Labute approximate surface area is 195 Å². The third kappa shape index (κ3) is 10.2. The molecule has 33 heavy (non-hydrogen) atoms. The van der Waals surface area contributed by atoms with Crippen LogP contribution in [0.2, 0.25) is 5.02 Å². The number of carbonyl (C=O) groups excluding carboxylic acids is 2. The van der Waals surface area contributed by atoms with Crippen LogP contribution in [0.3, 0.4) is 0 Å². The Balaban J connectivity index is 0.00000113. The summed E-state index contributed by atoms with van der Waals surface area (Å²) in [6.07, 6.45) is -4.32. The molecule has 1 amide bonds. The standard InChI is InChI=1S/C18H14ClF3N2O.C2H7N.CH3NO.CH2O/c1-12-6-8-13(9-7-12)11-25-17-10-16(18(20,21)22)23-24(17)15-5-3-2-4-14(15)19;1-3-2;2-1-3;1-2/h2-10H,11H2,1H3;3H,1-2H3;1H,(H2,2,3);1H2. The van der Waals surface area contributed by atoms with Gasteiger partial charge in [0, 0.05) is 6.07 Å². The molecule has 1 heterocycles. The van der Waals surface area contributed by atoms with E-state index in [2.05, 4.69) is 16.1 Å². The molecule has 0 unspecified atom stereocenters. The maximum absolute atomic E-state index is 13.0. The number of nitrogens with one attached hydrogen (secondary N) is 1. The van der Waals surface area contributed by atoms with Crippen LogP contribution in [-0.2, 0) is 22.4 Å². The second-order valence-electron chi connectivity index (χ2n) is 6.14. The van der Waals surface area contributed by atoms with Crippen molar-refractivity contribution in [2.45, 2.75) is 19.7 Å². The number of nitrogens with zero attached hydrogens (tertiary/aromatic N) is 2. The van der Waals surface area contributed by atoms with Crippen molar-refractivity contribution in [2.24, 2.45) is 5.73 Å². The van der Waals surface area contributed by atoms with Crippen molar-refractivity contribution in [3.63, 3.8) is 0 Å². The van der Waals surface area contributed by atoms with Gasteiger partial charge in [0.2, 0.25) is 12.3 Å². The summed E-state index contributed by atoms with van der Waals surface area (Å²) in [6, 6.07) is 14.9. The lowest BCUT2D eigenvalue weighted by molar-refractivity contribution is -0.141. The number of primary amides is 1. The van der Waals surface area contributed by atoms with E-state index < -0.39 is 11.9 Å². The average Bonchev–Trinajstić information content (AvgIpc) is 3.21. The Kier molecular flexibility index (Phi) is 13.9. The average molecular weight is 487 g/mol. The van der Waals surface area contributed by atoms with Gasteiger partial charge in [0.25, 0.3) is 0 Å². The van der Waals surface area contributed by atoms with Crippen molar-refractivity contribution >= 4 is 24.8 Å². The number of ether oxygens (including phenoxy) is 1. The fourth-order valence-electron chi connectivity index (χ4n) is 2.24. The topological polar surface area (TPSA) is 99.2 Å². The van der Waals surface area contributed by atoms with Crippen LogP contribution >= 0.6 is 11.6 Å². The van der Waals surface area contributed by atoms with Crippen molar-refractivity contribution in [3.8, 4) is 11.6 Å². The fourth-order valence-corrected chi connectivity index (χ4v) is 2.46. The number of carbonyl (C=O) groups is 2. The number of nitrogens with two attached hydrogens (primary N) is 1. The highest BCUT2D eigenvalue weighted by molar-refractivity contribution is 6.32. The SMILES string of the molecule is C=O.CNC.Cc1ccc(COc2cc(C(F)(F)F)nn2-c2ccccc2Cl)cc1.NC=O. The van der Waals surface area contributed by atoms with Crippen molar-refractivity contribution in [1.29, 1.82) is 0 Å². The van der Waals surface area contributed by atoms with Crippen LogP contribution in [0, 0.1) is 6.92 Å². The van der Waals surface area contributed by atoms with E-state index in [1.54, 1.807) is 24.3 Å². The van der Waals surface area contributed by atoms with Gasteiger partial charge in [-0.25, -0.2) is 0 Å². The third-order valence-corrected chi connectivity index (χ3v) is 3.87. The zero-order chi connectivity index (χ0) is 25.4. The Hall–Kier alpha value is -3.37. The first kappa shape index (κ1) is 29.6. The van der Waals surface area contributed by atoms with Gasteiger partial charge in [-0.2, -0.15) is 23.0 Å². The van der Waals surface area contributed by atoms with E-state index in [0.717, 1.165) is 21.9 Å². The van der Waals surface area contributed by atoms with Crippen LogP contribution in [-0.4, -0.2) is 37.1 Å². The molecular formula is C22H26ClF3N4O3. The molecule has 1 aromatic heterocycles. The Morgan fingerprint density at radius 1 is 1.15 bits per heavy atom. The van der Waals surface area contributed by atoms with Crippen LogP contribution in [0.5, 0.6) is 5.88 Å². The number of hydrogen-bond donors (Lipinski definition) is 2. The molecule has 180 valence electrons.